The minimum Gasteiger partial charge on any atom is -0.854 e. The summed E-state index contributed by atoms with van der Waals surface area (Å²) in [5.74, 6) is 0. The molecule has 4 heteroatoms. The van der Waals surface area contributed by atoms with Crippen LogP contribution in [0.1, 0.15) is 59.3 Å². The maximum absolute atomic E-state index is 9.53. The summed E-state index contributed by atoms with van der Waals surface area (Å²) in [6.07, 6.45) is 5.59. The minimum absolute atomic E-state index is 0. The van der Waals surface area contributed by atoms with E-state index in [4.69, 9.17) is 0 Å². The van der Waals surface area contributed by atoms with Crippen LogP contribution in [-0.4, -0.2) is 19.8 Å². The van der Waals surface area contributed by atoms with Gasteiger partial charge in [0.2, 0.25) is 0 Å². The Hall–Kier alpha value is 0.529. The third-order valence-electron chi connectivity index (χ3n) is 1.49. The van der Waals surface area contributed by atoms with E-state index >= 15 is 0 Å². The van der Waals surface area contributed by atoms with Crippen molar-refractivity contribution in [2.24, 2.45) is 0 Å². The number of hydrogen-bond acceptors (Lipinski definition) is 3. The smallest absolute Gasteiger partial charge is 0.854 e. The average Bonchev–Trinajstić information content (AvgIpc) is 2.23. The van der Waals surface area contributed by atoms with Crippen LogP contribution in [0.5, 0.6) is 0 Å². The molecule has 0 aromatic carbocycles. The molecule has 0 spiro atoms. The summed E-state index contributed by atoms with van der Waals surface area (Å²) in [4.78, 5) is 0. The van der Waals surface area contributed by atoms with Gasteiger partial charge in [0.05, 0.1) is 0 Å². The van der Waals surface area contributed by atoms with Gasteiger partial charge in [0.15, 0.2) is 0 Å². The van der Waals surface area contributed by atoms with Crippen LogP contribution in [0.15, 0.2) is 0 Å². The predicted molar refractivity (Wildman–Crippen MR) is 59.3 cm³/mol. The maximum atomic E-state index is 9.53. The second-order valence-corrected chi connectivity index (χ2v) is 3.17. The van der Waals surface area contributed by atoms with Crippen molar-refractivity contribution in [2.45, 2.75) is 59.3 Å². The van der Waals surface area contributed by atoms with E-state index in [9.17, 15) is 15.3 Å². The Kier molecular flexibility index (Phi) is 57.3. The third kappa shape index (κ3) is 62.4. The second-order valence-electron chi connectivity index (χ2n) is 3.17. The average molecular weight is 412 g/mol. The topological polar surface area (TPSA) is 69.2 Å². The molecule has 0 aliphatic rings. The van der Waals surface area contributed by atoms with Crippen molar-refractivity contribution in [3.05, 3.63) is 0 Å². The van der Waals surface area contributed by atoms with Crippen molar-refractivity contribution in [3.63, 3.8) is 0 Å². The van der Waals surface area contributed by atoms with E-state index in [0.717, 1.165) is 38.5 Å². The second kappa shape index (κ2) is 36.1. The summed E-state index contributed by atoms with van der Waals surface area (Å²) >= 11 is 0. The van der Waals surface area contributed by atoms with E-state index in [1.165, 1.54) is 0 Å². The number of hydrogen-bond donors (Lipinski definition) is 0. The molecule has 0 bridgehead atoms. The first-order valence-corrected chi connectivity index (χ1v) is 5.99. The van der Waals surface area contributed by atoms with Crippen LogP contribution < -0.4 is 15.3 Å². The van der Waals surface area contributed by atoms with Gasteiger partial charge in [-0.15, -0.1) is 19.8 Å². The molecule has 0 rings (SSSR count). The van der Waals surface area contributed by atoms with Crippen LogP contribution in [0.2, 0.25) is 0 Å². The molecule has 0 aromatic rings. The Morgan fingerprint density at radius 2 is 0.750 bits per heavy atom. The molecular weight excluding hydrogens is 384 g/mol. The first-order chi connectivity index (χ1) is 7.24. The van der Waals surface area contributed by atoms with Crippen molar-refractivity contribution in [3.8, 4) is 0 Å². The van der Waals surface area contributed by atoms with Crippen LogP contribution in [0, 0.1) is 0 Å². The fourth-order valence-electron chi connectivity index (χ4n) is 0.433. The minimum atomic E-state index is 0. The number of rotatable bonds is 6. The fourth-order valence-corrected chi connectivity index (χ4v) is 0.433. The zero-order valence-corrected chi connectivity index (χ0v) is 13.3. The molecule has 102 valence electrons. The fraction of sp³-hybridized carbons (Fsp3) is 1.00. The Balaban J connectivity index is -0.0000000655. The molecule has 0 N–H and O–H groups in total. The van der Waals surface area contributed by atoms with Gasteiger partial charge >= 0.3 is 20.1 Å². The van der Waals surface area contributed by atoms with Crippen LogP contribution in [-0.2, 0) is 20.1 Å². The monoisotopic (exact) mass is 412 g/mol. The van der Waals surface area contributed by atoms with E-state index in [0.29, 0.717) is 0 Å². The van der Waals surface area contributed by atoms with Gasteiger partial charge in [-0.1, -0.05) is 59.3 Å². The molecular formula is C12H27IrO3. The molecule has 0 aliphatic heterocycles. The molecule has 0 fully saturated rings. The first kappa shape index (κ1) is 25.4. The Labute approximate surface area is 115 Å². The van der Waals surface area contributed by atoms with E-state index in [2.05, 4.69) is 0 Å². The molecule has 0 radical (unpaired) electrons. The standard InChI is InChI=1S/3C4H9O.Ir/c3*1-2-3-4-5;/h3*2-4H2,1H3;/q3*-1;+3. The molecule has 0 unspecified atom stereocenters. The largest absolute Gasteiger partial charge is 3.00 e. The van der Waals surface area contributed by atoms with E-state index in [-0.39, 0.29) is 39.9 Å². The predicted octanol–water partition coefficient (Wildman–Crippen LogP) is 0.438. The molecule has 16 heavy (non-hydrogen) atoms. The van der Waals surface area contributed by atoms with Crippen LogP contribution in [0.25, 0.3) is 0 Å². The van der Waals surface area contributed by atoms with Crippen LogP contribution in [0.3, 0.4) is 0 Å². The van der Waals surface area contributed by atoms with Crippen LogP contribution in [0.4, 0.5) is 0 Å². The SMILES string of the molecule is CCCC[O-].CCCC[O-].CCCC[O-].[Ir+3]. The quantitative estimate of drug-likeness (QED) is 0.637. The van der Waals surface area contributed by atoms with Crippen molar-refractivity contribution in [1.29, 1.82) is 0 Å². The summed E-state index contributed by atoms with van der Waals surface area (Å²) in [5, 5.41) is 28.6. The molecule has 0 saturated carbocycles. The van der Waals surface area contributed by atoms with Gasteiger partial charge < -0.3 is 15.3 Å². The Morgan fingerprint density at radius 3 is 0.750 bits per heavy atom. The van der Waals surface area contributed by atoms with Gasteiger partial charge in [-0.25, -0.2) is 0 Å². The third-order valence-corrected chi connectivity index (χ3v) is 1.49. The Morgan fingerprint density at radius 1 is 0.562 bits per heavy atom. The zero-order chi connectivity index (χ0) is 12.4. The van der Waals surface area contributed by atoms with E-state index < -0.39 is 0 Å². The molecule has 0 heterocycles. The maximum Gasteiger partial charge on any atom is 3.00 e. The number of unbranched alkanes of at least 4 members (excludes halogenated alkanes) is 3. The molecule has 0 saturated heterocycles. The summed E-state index contributed by atoms with van der Waals surface area (Å²) in [6.45, 7) is 6.32. The van der Waals surface area contributed by atoms with E-state index in [1.807, 2.05) is 20.8 Å². The van der Waals surface area contributed by atoms with Crippen LogP contribution >= 0.6 is 0 Å². The molecule has 0 atom stereocenters. The van der Waals surface area contributed by atoms with E-state index in [1.54, 1.807) is 0 Å². The van der Waals surface area contributed by atoms with Gasteiger partial charge in [0.1, 0.15) is 0 Å². The van der Waals surface area contributed by atoms with Crippen molar-refractivity contribution >= 4 is 0 Å². The van der Waals surface area contributed by atoms with Gasteiger partial charge in [-0.3, -0.25) is 0 Å². The zero-order valence-electron chi connectivity index (χ0n) is 10.9. The molecule has 0 aliphatic carbocycles. The van der Waals surface area contributed by atoms with Gasteiger partial charge in [0.25, 0.3) is 0 Å². The molecule has 0 aromatic heterocycles. The van der Waals surface area contributed by atoms with Crippen molar-refractivity contribution in [1.82, 2.24) is 0 Å². The van der Waals surface area contributed by atoms with Gasteiger partial charge in [-0.05, 0) is 0 Å². The Bertz CT molecular complexity index is 53.0. The first-order valence-electron chi connectivity index (χ1n) is 5.99. The molecule has 0 amide bonds. The van der Waals surface area contributed by atoms with Gasteiger partial charge in [-0.2, -0.15) is 0 Å². The summed E-state index contributed by atoms with van der Waals surface area (Å²) in [6, 6.07) is 0. The van der Waals surface area contributed by atoms with Gasteiger partial charge in [0, 0.05) is 0 Å². The summed E-state index contributed by atoms with van der Waals surface area (Å²) in [7, 11) is 0. The normalized spacial score (nSPS) is 7.88. The van der Waals surface area contributed by atoms with Crippen molar-refractivity contribution in [2.75, 3.05) is 19.8 Å². The summed E-state index contributed by atoms with van der Waals surface area (Å²) < 4.78 is 0. The van der Waals surface area contributed by atoms with Crippen molar-refractivity contribution < 1.29 is 35.4 Å². The summed E-state index contributed by atoms with van der Waals surface area (Å²) in [5.41, 5.74) is 0. The molecule has 3 nitrogen and oxygen atoms in total.